The molecule has 0 radical (unpaired) electrons. The molecule has 1 aromatic rings. The van der Waals surface area contributed by atoms with E-state index in [1.54, 1.807) is 7.11 Å². The molecule has 3 atom stereocenters. The summed E-state index contributed by atoms with van der Waals surface area (Å²) in [5.74, 6) is 0.917. The van der Waals surface area contributed by atoms with Crippen molar-refractivity contribution in [3.8, 4) is 5.75 Å². The van der Waals surface area contributed by atoms with E-state index in [9.17, 15) is 0 Å². The Balaban J connectivity index is 1.97. The second kappa shape index (κ2) is 7.65. The van der Waals surface area contributed by atoms with Gasteiger partial charge in [-0.05, 0) is 49.8 Å². The summed E-state index contributed by atoms with van der Waals surface area (Å²) >= 11 is 0. The monoisotopic (exact) mass is 277 g/mol. The van der Waals surface area contributed by atoms with Crippen LogP contribution in [0.15, 0.2) is 24.3 Å². The van der Waals surface area contributed by atoms with E-state index in [-0.39, 0.29) is 0 Å². The van der Waals surface area contributed by atoms with Gasteiger partial charge < -0.3 is 14.8 Å². The molecule has 1 saturated carbocycles. The summed E-state index contributed by atoms with van der Waals surface area (Å²) in [6.07, 6.45) is 6.37. The lowest BCUT2D eigenvalue weighted by molar-refractivity contribution is 0.0567. The van der Waals surface area contributed by atoms with Crippen molar-refractivity contribution >= 4 is 0 Å². The number of hydrogen-bond acceptors (Lipinski definition) is 3. The fourth-order valence-electron chi connectivity index (χ4n) is 3.08. The summed E-state index contributed by atoms with van der Waals surface area (Å²) in [5, 5.41) is 3.80. The van der Waals surface area contributed by atoms with E-state index in [2.05, 4.69) is 24.4 Å². The molecule has 0 aliphatic heterocycles. The molecule has 3 nitrogen and oxygen atoms in total. The zero-order valence-corrected chi connectivity index (χ0v) is 12.9. The number of hydrogen-bond donors (Lipinski definition) is 1. The molecule has 1 fully saturated rings. The van der Waals surface area contributed by atoms with Crippen molar-refractivity contribution in [2.45, 2.75) is 57.2 Å². The summed E-state index contributed by atoms with van der Waals surface area (Å²) in [5.41, 5.74) is 1.34. The SMILES string of the molecule is CCC(NC1CCCC(OC)C1)c1ccc(OC)cc1. The number of ether oxygens (including phenoxy) is 2. The minimum absolute atomic E-state index is 0.418. The first-order chi connectivity index (χ1) is 9.76. The molecule has 0 amide bonds. The minimum Gasteiger partial charge on any atom is -0.497 e. The van der Waals surface area contributed by atoms with E-state index in [4.69, 9.17) is 9.47 Å². The number of rotatable bonds is 6. The van der Waals surface area contributed by atoms with Crippen LogP contribution < -0.4 is 10.1 Å². The van der Waals surface area contributed by atoms with Gasteiger partial charge in [-0.1, -0.05) is 19.1 Å². The van der Waals surface area contributed by atoms with Crippen molar-refractivity contribution in [1.82, 2.24) is 5.32 Å². The molecule has 1 N–H and O–H groups in total. The van der Waals surface area contributed by atoms with Crippen molar-refractivity contribution in [3.05, 3.63) is 29.8 Å². The van der Waals surface area contributed by atoms with Crippen molar-refractivity contribution in [2.24, 2.45) is 0 Å². The number of benzene rings is 1. The van der Waals surface area contributed by atoms with Crippen molar-refractivity contribution in [1.29, 1.82) is 0 Å². The average Bonchev–Trinajstić information content (AvgIpc) is 2.53. The third kappa shape index (κ3) is 3.97. The van der Waals surface area contributed by atoms with Crippen LogP contribution in [0.5, 0.6) is 5.75 Å². The van der Waals surface area contributed by atoms with Gasteiger partial charge in [0.25, 0.3) is 0 Å². The molecule has 20 heavy (non-hydrogen) atoms. The second-order valence-electron chi connectivity index (χ2n) is 5.62. The molecule has 1 aliphatic rings. The van der Waals surface area contributed by atoms with Crippen molar-refractivity contribution < 1.29 is 9.47 Å². The maximum Gasteiger partial charge on any atom is 0.118 e. The van der Waals surface area contributed by atoms with E-state index >= 15 is 0 Å². The van der Waals surface area contributed by atoms with E-state index in [0.29, 0.717) is 18.2 Å². The Hall–Kier alpha value is -1.06. The summed E-state index contributed by atoms with van der Waals surface area (Å²) in [7, 11) is 3.53. The van der Waals surface area contributed by atoms with Crippen LogP contribution in [0.25, 0.3) is 0 Å². The average molecular weight is 277 g/mol. The van der Waals surface area contributed by atoms with Gasteiger partial charge in [-0.25, -0.2) is 0 Å². The quantitative estimate of drug-likeness (QED) is 0.860. The molecule has 112 valence electrons. The van der Waals surface area contributed by atoms with Crippen LogP contribution in [0.4, 0.5) is 0 Å². The van der Waals surface area contributed by atoms with Gasteiger partial charge in [0, 0.05) is 19.2 Å². The lowest BCUT2D eigenvalue weighted by Gasteiger charge is -2.32. The molecular formula is C17H27NO2. The second-order valence-corrected chi connectivity index (χ2v) is 5.62. The predicted molar refractivity (Wildman–Crippen MR) is 82.2 cm³/mol. The van der Waals surface area contributed by atoms with E-state index < -0.39 is 0 Å². The van der Waals surface area contributed by atoms with Crippen LogP contribution >= 0.6 is 0 Å². The zero-order valence-electron chi connectivity index (χ0n) is 12.9. The van der Waals surface area contributed by atoms with Crippen LogP contribution in [-0.2, 0) is 4.74 Å². The van der Waals surface area contributed by atoms with Gasteiger partial charge in [0.05, 0.1) is 13.2 Å². The standard InChI is InChI=1S/C17H27NO2/c1-4-17(13-8-10-15(19-2)11-9-13)18-14-6-5-7-16(12-14)20-3/h8-11,14,16-18H,4-7,12H2,1-3H3. The topological polar surface area (TPSA) is 30.5 Å². The molecule has 1 aliphatic carbocycles. The highest BCUT2D eigenvalue weighted by atomic mass is 16.5. The normalized spacial score (nSPS) is 24.4. The lowest BCUT2D eigenvalue weighted by Crippen LogP contribution is -2.38. The molecule has 0 spiro atoms. The molecule has 0 heterocycles. The highest BCUT2D eigenvalue weighted by molar-refractivity contribution is 5.29. The van der Waals surface area contributed by atoms with E-state index in [0.717, 1.165) is 18.6 Å². The van der Waals surface area contributed by atoms with Gasteiger partial charge in [0.2, 0.25) is 0 Å². The van der Waals surface area contributed by atoms with Crippen molar-refractivity contribution in [2.75, 3.05) is 14.2 Å². The summed E-state index contributed by atoms with van der Waals surface area (Å²) in [4.78, 5) is 0. The van der Waals surface area contributed by atoms with Crippen LogP contribution in [-0.4, -0.2) is 26.4 Å². The Bertz CT molecular complexity index is 390. The summed E-state index contributed by atoms with van der Waals surface area (Å²) in [6.45, 7) is 2.23. The maximum absolute atomic E-state index is 5.52. The number of methoxy groups -OCH3 is 2. The number of nitrogens with one attached hydrogen (secondary N) is 1. The molecule has 2 rings (SSSR count). The molecule has 0 aromatic heterocycles. The first kappa shape index (κ1) is 15.3. The maximum atomic E-state index is 5.52. The third-order valence-corrected chi connectivity index (χ3v) is 4.32. The molecular weight excluding hydrogens is 250 g/mol. The van der Waals surface area contributed by atoms with Gasteiger partial charge in [-0.15, -0.1) is 0 Å². The van der Waals surface area contributed by atoms with Crippen LogP contribution in [0.1, 0.15) is 50.6 Å². The van der Waals surface area contributed by atoms with Gasteiger partial charge in [-0.3, -0.25) is 0 Å². The predicted octanol–water partition coefficient (Wildman–Crippen LogP) is 3.69. The van der Waals surface area contributed by atoms with Crippen LogP contribution in [0.2, 0.25) is 0 Å². The molecule has 1 aromatic carbocycles. The van der Waals surface area contributed by atoms with Crippen molar-refractivity contribution in [3.63, 3.8) is 0 Å². The fourth-order valence-corrected chi connectivity index (χ4v) is 3.08. The Morgan fingerprint density at radius 3 is 2.55 bits per heavy atom. The van der Waals surface area contributed by atoms with Crippen LogP contribution in [0, 0.1) is 0 Å². The highest BCUT2D eigenvalue weighted by Gasteiger charge is 2.23. The first-order valence-corrected chi connectivity index (χ1v) is 7.69. The largest absolute Gasteiger partial charge is 0.497 e. The van der Waals surface area contributed by atoms with Gasteiger partial charge >= 0.3 is 0 Å². The van der Waals surface area contributed by atoms with E-state index in [1.165, 1.54) is 24.8 Å². The Morgan fingerprint density at radius 2 is 1.95 bits per heavy atom. The lowest BCUT2D eigenvalue weighted by atomic mass is 9.91. The van der Waals surface area contributed by atoms with E-state index in [1.807, 2.05) is 19.2 Å². The molecule has 3 heteroatoms. The van der Waals surface area contributed by atoms with Gasteiger partial charge in [-0.2, -0.15) is 0 Å². The summed E-state index contributed by atoms with van der Waals surface area (Å²) in [6, 6.07) is 9.40. The fraction of sp³-hybridized carbons (Fsp3) is 0.647. The summed E-state index contributed by atoms with van der Waals surface area (Å²) < 4.78 is 10.7. The molecule has 0 bridgehead atoms. The Kier molecular flexibility index (Phi) is 5.86. The highest BCUT2D eigenvalue weighted by Crippen LogP contribution is 2.26. The van der Waals surface area contributed by atoms with Gasteiger partial charge in [0.15, 0.2) is 0 Å². The Morgan fingerprint density at radius 1 is 1.20 bits per heavy atom. The molecule has 0 saturated heterocycles. The van der Waals surface area contributed by atoms with Gasteiger partial charge in [0.1, 0.15) is 5.75 Å². The smallest absolute Gasteiger partial charge is 0.118 e. The zero-order chi connectivity index (χ0) is 14.4. The first-order valence-electron chi connectivity index (χ1n) is 7.69. The van der Waals surface area contributed by atoms with Crippen LogP contribution in [0.3, 0.4) is 0 Å². The molecule has 3 unspecified atom stereocenters. The Labute approximate surface area is 122 Å². The third-order valence-electron chi connectivity index (χ3n) is 4.32. The minimum atomic E-state index is 0.418.